The van der Waals surface area contributed by atoms with Gasteiger partial charge in [-0.3, -0.25) is 0 Å². The van der Waals surface area contributed by atoms with Crippen LogP contribution in [0.25, 0.3) is 10.1 Å². The first-order chi connectivity index (χ1) is 6.59. The van der Waals surface area contributed by atoms with E-state index < -0.39 is 12.2 Å². The number of benzene rings is 1. The SMILES string of the molecule is Fc1ccc2c(Cl)c(C(F)F)sc2c1. The topological polar surface area (TPSA) is 0 Å². The van der Waals surface area contributed by atoms with Gasteiger partial charge in [0.05, 0.1) is 9.90 Å². The molecule has 0 aliphatic heterocycles. The lowest BCUT2D eigenvalue weighted by Crippen LogP contribution is -1.76. The van der Waals surface area contributed by atoms with E-state index in [-0.39, 0.29) is 9.90 Å². The van der Waals surface area contributed by atoms with Crippen molar-refractivity contribution in [2.45, 2.75) is 6.43 Å². The molecule has 0 spiro atoms. The van der Waals surface area contributed by atoms with E-state index in [1.165, 1.54) is 18.2 Å². The monoisotopic (exact) mass is 236 g/mol. The summed E-state index contributed by atoms with van der Waals surface area (Å²) in [5, 5.41) is 0.508. The molecule has 0 unspecified atom stereocenters. The van der Waals surface area contributed by atoms with Gasteiger partial charge >= 0.3 is 0 Å². The minimum absolute atomic E-state index is 0.0278. The summed E-state index contributed by atoms with van der Waals surface area (Å²) >= 11 is 6.54. The van der Waals surface area contributed by atoms with Crippen molar-refractivity contribution in [3.8, 4) is 0 Å². The number of rotatable bonds is 1. The summed E-state index contributed by atoms with van der Waals surface area (Å²) in [7, 11) is 0. The third kappa shape index (κ3) is 1.48. The van der Waals surface area contributed by atoms with E-state index >= 15 is 0 Å². The fourth-order valence-electron chi connectivity index (χ4n) is 1.20. The molecule has 0 amide bonds. The highest BCUT2D eigenvalue weighted by Crippen LogP contribution is 2.40. The number of fused-ring (bicyclic) bond motifs is 1. The fourth-order valence-corrected chi connectivity index (χ4v) is 2.59. The Balaban J connectivity index is 2.73. The van der Waals surface area contributed by atoms with Crippen molar-refractivity contribution < 1.29 is 13.2 Å². The van der Waals surface area contributed by atoms with E-state index in [9.17, 15) is 13.2 Å². The third-order valence-electron chi connectivity index (χ3n) is 1.81. The first kappa shape index (κ1) is 9.80. The normalized spacial score (nSPS) is 11.5. The van der Waals surface area contributed by atoms with Gasteiger partial charge in [0.25, 0.3) is 6.43 Å². The molecule has 5 heteroatoms. The van der Waals surface area contributed by atoms with Crippen LogP contribution in [0.2, 0.25) is 5.02 Å². The second-order valence-corrected chi connectivity index (χ2v) is 4.18. The van der Waals surface area contributed by atoms with Crippen molar-refractivity contribution >= 4 is 33.0 Å². The molecule has 0 saturated heterocycles. The molecule has 14 heavy (non-hydrogen) atoms. The lowest BCUT2D eigenvalue weighted by Gasteiger charge is -1.93. The molecule has 0 radical (unpaired) electrons. The van der Waals surface area contributed by atoms with Gasteiger partial charge in [0.1, 0.15) is 5.82 Å². The zero-order valence-electron chi connectivity index (χ0n) is 6.73. The van der Waals surface area contributed by atoms with Gasteiger partial charge in [-0.2, -0.15) is 0 Å². The first-order valence-corrected chi connectivity index (χ1v) is 4.94. The quantitative estimate of drug-likeness (QED) is 0.677. The molecular weight excluding hydrogens is 233 g/mol. The van der Waals surface area contributed by atoms with Crippen LogP contribution in [-0.4, -0.2) is 0 Å². The molecule has 0 aliphatic carbocycles. The minimum atomic E-state index is -2.61. The second kappa shape index (κ2) is 3.44. The number of alkyl halides is 2. The Morgan fingerprint density at radius 1 is 1.29 bits per heavy atom. The Labute approximate surface area is 86.9 Å². The zero-order chi connectivity index (χ0) is 10.3. The number of hydrogen-bond donors (Lipinski definition) is 0. The van der Waals surface area contributed by atoms with E-state index in [2.05, 4.69) is 0 Å². The van der Waals surface area contributed by atoms with Crippen LogP contribution in [0.3, 0.4) is 0 Å². The predicted molar refractivity (Wildman–Crippen MR) is 51.8 cm³/mol. The van der Waals surface area contributed by atoms with Crippen molar-refractivity contribution in [1.29, 1.82) is 0 Å². The van der Waals surface area contributed by atoms with Crippen LogP contribution < -0.4 is 0 Å². The Kier molecular flexibility index (Phi) is 2.41. The van der Waals surface area contributed by atoms with E-state index in [0.717, 1.165) is 11.3 Å². The molecular formula is C9H4ClF3S. The van der Waals surface area contributed by atoms with Crippen LogP contribution >= 0.6 is 22.9 Å². The van der Waals surface area contributed by atoms with Gasteiger partial charge in [-0.05, 0) is 18.2 Å². The molecule has 0 bridgehead atoms. The Hall–Kier alpha value is -0.740. The molecule has 0 N–H and O–H groups in total. The van der Waals surface area contributed by atoms with Crippen LogP contribution in [0.15, 0.2) is 18.2 Å². The van der Waals surface area contributed by atoms with Gasteiger partial charge in [0, 0.05) is 10.1 Å². The standard InChI is InChI=1S/C9H4ClF3S/c10-7-5-2-1-4(11)3-6(5)14-8(7)9(12)13/h1-3,9H. The van der Waals surface area contributed by atoms with Gasteiger partial charge in [-0.1, -0.05) is 11.6 Å². The van der Waals surface area contributed by atoms with E-state index in [4.69, 9.17) is 11.6 Å². The molecule has 2 aromatic rings. The Morgan fingerprint density at radius 2 is 2.00 bits per heavy atom. The summed E-state index contributed by atoms with van der Waals surface area (Å²) in [6, 6.07) is 3.82. The summed E-state index contributed by atoms with van der Waals surface area (Å²) in [5.41, 5.74) is 0. The second-order valence-electron chi connectivity index (χ2n) is 2.72. The van der Waals surface area contributed by atoms with Crippen LogP contribution in [0.4, 0.5) is 13.2 Å². The van der Waals surface area contributed by atoms with Crippen molar-refractivity contribution in [2.75, 3.05) is 0 Å². The van der Waals surface area contributed by atoms with Gasteiger partial charge in [0.15, 0.2) is 0 Å². The van der Waals surface area contributed by atoms with Crippen LogP contribution in [0.5, 0.6) is 0 Å². The van der Waals surface area contributed by atoms with Crippen molar-refractivity contribution in [3.63, 3.8) is 0 Å². The average molecular weight is 237 g/mol. The zero-order valence-corrected chi connectivity index (χ0v) is 8.30. The average Bonchev–Trinajstić information content (AvgIpc) is 2.43. The highest BCUT2D eigenvalue weighted by Gasteiger charge is 2.18. The maximum absolute atomic E-state index is 12.8. The molecule has 0 saturated carbocycles. The van der Waals surface area contributed by atoms with E-state index in [1.807, 2.05) is 0 Å². The number of halogens is 4. The lowest BCUT2D eigenvalue weighted by molar-refractivity contribution is 0.156. The first-order valence-electron chi connectivity index (χ1n) is 3.75. The van der Waals surface area contributed by atoms with Gasteiger partial charge < -0.3 is 0 Å². The van der Waals surface area contributed by atoms with Crippen molar-refractivity contribution in [3.05, 3.63) is 33.9 Å². The smallest absolute Gasteiger partial charge is 0.207 e. The Morgan fingerprint density at radius 3 is 2.64 bits per heavy atom. The molecule has 1 aromatic carbocycles. The predicted octanol–water partition coefficient (Wildman–Crippen LogP) is 4.63. The molecule has 2 rings (SSSR count). The maximum atomic E-state index is 12.8. The van der Waals surface area contributed by atoms with E-state index in [1.54, 1.807) is 0 Å². The van der Waals surface area contributed by atoms with Crippen LogP contribution in [0.1, 0.15) is 11.3 Å². The van der Waals surface area contributed by atoms with E-state index in [0.29, 0.717) is 10.1 Å². The lowest BCUT2D eigenvalue weighted by atomic mass is 10.2. The van der Waals surface area contributed by atoms with Crippen LogP contribution in [-0.2, 0) is 0 Å². The number of hydrogen-bond acceptors (Lipinski definition) is 1. The summed E-state index contributed by atoms with van der Waals surface area (Å²) in [4.78, 5) is -0.202. The van der Waals surface area contributed by atoms with Crippen molar-refractivity contribution in [1.82, 2.24) is 0 Å². The van der Waals surface area contributed by atoms with Crippen molar-refractivity contribution in [2.24, 2.45) is 0 Å². The molecule has 1 heterocycles. The summed E-state index contributed by atoms with van der Waals surface area (Å²) in [6.07, 6.45) is -2.61. The summed E-state index contributed by atoms with van der Waals surface area (Å²) in [6.45, 7) is 0. The summed E-state index contributed by atoms with van der Waals surface area (Å²) in [5.74, 6) is -0.448. The maximum Gasteiger partial charge on any atom is 0.274 e. The highest BCUT2D eigenvalue weighted by molar-refractivity contribution is 7.19. The molecule has 74 valence electrons. The fraction of sp³-hybridized carbons (Fsp3) is 0.111. The largest absolute Gasteiger partial charge is 0.274 e. The molecule has 1 aromatic heterocycles. The molecule has 0 nitrogen and oxygen atoms in total. The van der Waals surface area contributed by atoms with Crippen LogP contribution in [0, 0.1) is 5.82 Å². The Bertz CT molecular complexity index is 478. The highest BCUT2D eigenvalue weighted by atomic mass is 35.5. The molecule has 0 fully saturated rings. The summed E-state index contributed by atoms with van der Waals surface area (Å²) < 4.78 is 38.0. The van der Waals surface area contributed by atoms with Gasteiger partial charge in [-0.25, -0.2) is 13.2 Å². The number of thiophene rings is 1. The third-order valence-corrected chi connectivity index (χ3v) is 3.49. The minimum Gasteiger partial charge on any atom is -0.207 e. The van der Waals surface area contributed by atoms with Gasteiger partial charge in [-0.15, -0.1) is 11.3 Å². The molecule has 0 atom stereocenters. The molecule has 0 aliphatic rings. The van der Waals surface area contributed by atoms with Gasteiger partial charge in [0.2, 0.25) is 0 Å².